The zero-order chi connectivity index (χ0) is 13.5. The molecule has 1 aromatic carbocycles. The molecule has 0 amide bonds. The molecule has 0 spiro atoms. The Morgan fingerprint density at radius 1 is 1.33 bits per heavy atom. The first kappa shape index (κ1) is 15.1. The van der Waals surface area contributed by atoms with Gasteiger partial charge < -0.3 is 10.1 Å². The standard InChI is InChI=1S/C14H21NO2S/c1-10(2)13(14(16)17-3)15-9-11-5-7-12(18-4)8-6-11/h5-8,10,13,15H,9H2,1-4H3. The van der Waals surface area contributed by atoms with Crippen LogP contribution in [0, 0.1) is 5.92 Å². The molecule has 0 bridgehead atoms. The van der Waals surface area contributed by atoms with E-state index in [9.17, 15) is 4.79 Å². The minimum absolute atomic E-state index is 0.203. The van der Waals surface area contributed by atoms with E-state index in [0.29, 0.717) is 6.54 Å². The molecule has 4 heteroatoms. The summed E-state index contributed by atoms with van der Waals surface area (Å²) in [5.74, 6) is 0.00801. The number of esters is 1. The Kier molecular flexibility index (Phi) is 6.22. The van der Waals surface area contributed by atoms with Crippen molar-refractivity contribution in [1.29, 1.82) is 0 Å². The molecule has 0 radical (unpaired) electrons. The lowest BCUT2D eigenvalue weighted by Gasteiger charge is -2.19. The quantitative estimate of drug-likeness (QED) is 0.635. The van der Waals surface area contributed by atoms with Crippen LogP contribution in [-0.2, 0) is 16.1 Å². The van der Waals surface area contributed by atoms with Gasteiger partial charge in [-0.05, 0) is 29.9 Å². The molecular formula is C14H21NO2S. The number of rotatable bonds is 6. The highest BCUT2D eigenvalue weighted by Gasteiger charge is 2.21. The molecule has 1 aromatic rings. The number of carbonyl (C=O) groups excluding carboxylic acids is 1. The van der Waals surface area contributed by atoms with Crippen molar-refractivity contribution in [3.63, 3.8) is 0 Å². The summed E-state index contributed by atoms with van der Waals surface area (Å²) in [5, 5.41) is 3.24. The molecule has 0 aliphatic rings. The van der Waals surface area contributed by atoms with Gasteiger partial charge in [-0.25, -0.2) is 0 Å². The van der Waals surface area contributed by atoms with Crippen molar-refractivity contribution < 1.29 is 9.53 Å². The minimum Gasteiger partial charge on any atom is -0.468 e. The minimum atomic E-state index is -0.254. The highest BCUT2D eigenvalue weighted by molar-refractivity contribution is 7.98. The van der Waals surface area contributed by atoms with Crippen molar-refractivity contribution >= 4 is 17.7 Å². The Hall–Kier alpha value is -1.00. The first-order valence-electron chi connectivity index (χ1n) is 6.02. The lowest BCUT2D eigenvalue weighted by Crippen LogP contribution is -2.41. The topological polar surface area (TPSA) is 38.3 Å². The van der Waals surface area contributed by atoms with Gasteiger partial charge in [0, 0.05) is 11.4 Å². The number of benzene rings is 1. The van der Waals surface area contributed by atoms with Gasteiger partial charge in [0.05, 0.1) is 7.11 Å². The van der Waals surface area contributed by atoms with Crippen molar-refractivity contribution in [2.75, 3.05) is 13.4 Å². The van der Waals surface area contributed by atoms with Crippen LogP contribution in [0.25, 0.3) is 0 Å². The third-order valence-electron chi connectivity index (χ3n) is 2.81. The summed E-state index contributed by atoms with van der Waals surface area (Å²) in [7, 11) is 1.42. The summed E-state index contributed by atoms with van der Waals surface area (Å²) in [6.07, 6.45) is 2.05. The van der Waals surface area contributed by atoms with Crippen LogP contribution in [0.1, 0.15) is 19.4 Å². The van der Waals surface area contributed by atoms with E-state index in [1.165, 1.54) is 17.6 Å². The molecule has 1 rings (SSSR count). The van der Waals surface area contributed by atoms with Gasteiger partial charge in [-0.2, -0.15) is 0 Å². The maximum Gasteiger partial charge on any atom is 0.323 e. The molecular weight excluding hydrogens is 246 g/mol. The summed E-state index contributed by atoms with van der Waals surface area (Å²) >= 11 is 1.72. The third kappa shape index (κ3) is 4.35. The molecule has 1 unspecified atom stereocenters. The number of carbonyl (C=O) groups is 1. The molecule has 3 nitrogen and oxygen atoms in total. The fraction of sp³-hybridized carbons (Fsp3) is 0.500. The maximum absolute atomic E-state index is 11.6. The van der Waals surface area contributed by atoms with Gasteiger partial charge in [-0.1, -0.05) is 26.0 Å². The van der Waals surface area contributed by atoms with Crippen LogP contribution in [0.5, 0.6) is 0 Å². The van der Waals surface area contributed by atoms with Gasteiger partial charge >= 0.3 is 5.97 Å². The molecule has 1 atom stereocenters. The monoisotopic (exact) mass is 267 g/mol. The van der Waals surface area contributed by atoms with Crippen LogP contribution in [0.2, 0.25) is 0 Å². The van der Waals surface area contributed by atoms with Crippen molar-refractivity contribution in [3.8, 4) is 0 Å². The first-order valence-corrected chi connectivity index (χ1v) is 7.25. The second kappa shape index (κ2) is 7.44. The van der Waals surface area contributed by atoms with Gasteiger partial charge in [-0.3, -0.25) is 4.79 Å². The van der Waals surface area contributed by atoms with Crippen molar-refractivity contribution in [2.24, 2.45) is 5.92 Å². The molecule has 0 aliphatic carbocycles. The molecule has 0 saturated carbocycles. The Bertz CT molecular complexity index is 376. The highest BCUT2D eigenvalue weighted by Crippen LogP contribution is 2.15. The fourth-order valence-electron chi connectivity index (χ4n) is 1.69. The number of nitrogens with one attached hydrogen (secondary N) is 1. The van der Waals surface area contributed by atoms with Gasteiger partial charge in [-0.15, -0.1) is 11.8 Å². The lowest BCUT2D eigenvalue weighted by molar-refractivity contribution is -0.144. The SMILES string of the molecule is COC(=O)C(NCc1ccc(SC)cc1)C(C)C. The molecule has 1 N–H and O–H groups in total. The number of ether oxygens (including phenoxy) is 1. The summed E-state index contributed by atoms with van der Waals surface area (Å²) in [6.45, 7) is 4.68. The maximum atomic E-state index is 11.6. The van der Waals surface area contributed by atoms with Gasteiger partial charge in [0.1, 0.15) is 6.04 Å². The summed E-state index contributed by atoms with van der Waals surface area (Å²) in [4.78, 5) is 12.8. The molecule has 100 valence electrons. The Labute approximate surface area is 113 Å². The molecule has 0 heterocycles. The van der Waals surface area contributed by atoms with E-state index >= 15 is 0 Å². The predicted molar refractivity (Wildman–Crippen MR) is 75.7 cm³/mol. The number of hydrogen-bond donors (Lipinski definition) is 1. The van der Waals surface area contributed by atoms with Gasteiger partial charge in [0.15, 0.2) is 0 Å². The van der Waals surface area contributed by atoms with Gasteiger partial charge in [0.25, 0.3) is 0 Å². The van der Waals surface area contributed by atoms with Crippen molar-refractivity contribution in [1.82, 2.24) is 5.32 Å². The third-order valence-corrected chi connectivity index (χ3v) is 3.55. The summed E-state index contributed by atoms with van der Waals surface area (Å²) < 4.78 is 4.79. The van der Waals surface area contributed by atoms with E-state index in [-0.39, 0.29) is 17.9 Å². The predicted octanol–water partition coefficient (Wildman–Crippen LogP) is 2.70. The summed E-state index contributed by atoms with van der Waals surface area (Å²) in [5.41, 5.74) is 1.17. The average molecular weight is 267 g/mol. The Morgan fingerprint density at radius 2 is 1.94 bits per heavy atom. The van der Waals surface area contributed by atoms with E-state index in [1.54, 1.807) is 11.8 Å². The Balaban J connectivity index is 2.58. The number of methoxy groups -OCH3 is 1. The van der Waals surface area contributed by atoms with Crippen LogP contribution in [0.15, 0.2) is 29.2 Å². The van der Waals surface area contributed by atoms with E-state index < -0.39 is 0 Å². The fourth-order valence-corrected chi connectivity index (χ4v) is 2.10. The van der Waals surface area contributed by atoms with Crippen LogP contribution in [0.3, 0.4) is 0 Å². The van der Waals surface area contributed by atoms with E-state index in [2.05, 4.69) is 35.8 Å². The number of hydrogen-bond acceptors (Lipinski definition) is 4. The second-order valence-electron chi connectivity index (χ2n) is 4.47. The molecule has 18 heavy (non-hydrogen) atoms. The normalized spacial score (nSPS) is 12.5. The van der Waals surface area contributed by atoms with Crippen LogP contribution >= 0.6 is 11.8 Å². The first-order chi connectivity index (χ1) is 8.58. The average Bonchev–Trinajstić information content (AvgIpc) is 2.39. The van der Waals surface area contributed by atoms with Crippen molar-refractivity contribution in [3.05, 3.63) is 29.8 Å². The van der Waals surface area contributed by atoms with Crippen LogP contribution in [-0.4, -0.2) is 25.4 Å². The molecule has 0 aliphatic heterocycles. The summed E-state index contributed by atoms with van der Waals surface area (Å²) in [6, 6.07) is 8.07. The lowest BCUT2D eigenvalue weighted by atomic mass is 10.0. The Morgan fingerprint density at radius 3 is 2.39 bits per heavy atom. The smallest absolute Gasteiger partial charge is 0.323 e. The molecule has 0 fully saturated rings. The highest BCUT2D eigenvalue weighted by atomic mass is 32.2. The van der Waals surface area contributed by atoms with Gasteiger partial charge in [0.2, 0.25) is 0 Å². The van der Waals surface area contributed by atoms with Crippen molar-refractivity contribution in [2.45, 2.75) is 31.3 Å². The van der Waals surface area contributed by atoms with E-state index in [1.807, 2.05) is 13.8 Å². The van der Waals surface area contributed by atoms with E-state index in [4.69, 9.17) is 4.74 Å². The molecule has 0 saturated heterocycles. The molecule has 0 aromatic heterocycles. The second-order valence-corrected chi connectivity index (χ2v) is 5.35. The number of thioether (sulfide) groups is 1. The van der Waals surface area contributed by atoms with Crippen LogP contribution in [0.4, 0.5) is 0 Å². The van der Waals surface area contributed by atoms with Crippen LogP contribution < -0.4 is 5.32 Å². The zero-order valence-electron chi connectivity index (χ0n) is 11.4. The van der Waals surface area contributed by atoms with E-state index in [0.717, 1.165) is 0 Å². The largest absolute Gasteiger partial charge is 0.468 e. The zero-order valence-corrected chi connectivity index (χ0v) is 12.2.